The lowest BCUT2D eigenvalue weighted by molar-refractivity contribution is 0.182. The highest BCUT2D eigenvalue weighted by Crippen LogP contribution is 2.31. The third-order valence-electron chi connectivity index (χ3n) is 2.91. The molecule has 0 saturated carbocycles. The minimum Gasteiger partial charge on any atom is -0.458 e. The molecule has 0 radical (unpaired) electrons. The Morgan fingerprint density at radius 1 is 1.39 bits per heavy atom. The molecule has 0 spiro atoms. The second-order valence-corrected chi connectivity index (χ2v) is 4.94. The van der Waals surface area contributed by atoms with Crippen molar-refractivity contribution in [1.82, 2.24) is 9.78 Å². The van der Waals surface area contributed by atoms with Gasteiger partial charge in [0.05, 0.1) is 16.4 Å². The fourth-order valence-corrected chi connectivity index (χ4v) is 2.56. The largest absolute Gasteiger partial charge is 0.458 e. The highest BCUT2D eigenvalue weighted by Gasteiger charge is 2.21. The number of aliphatic hydroxyl groups excluding tert-OH is 1. The first kappa shape index (κ1) is 11.5. The monoisotopic (exact) mass is 306 g/mol. The van der Waals surface area contributed by atoms with E-state index in [1.165, 1.54) is 0 Å². The van der Waals surface area contributed by atoms with Crippen molar-refractivity contribution in [1.29, 1.82) is 0 Å². The molecule has 0 bridgehead atoms. The van der Waals surface area contributed by atoms with Crippen LogP contribution in [-0.2, 0) is 7.05 Å². The molecule has 1 unspecified atom stereocenters. The van der Waals surface area contributed by atoms with Crippen molar-refractivity contribution >= 4 is 26.9 Å². The second-order valence-electron chi connectivity index (χ2n) is 4.09. The summed E-state index contributed by atoms with van der Waals surface area (Å²) < 4.78 is 8.04. The van der Waals surface area contributed by atoms with Gasteiger partial charge < -0.3 is 9.52 Å². The van der Waals surface area contributed by atoms with Crippen LogP contribution in [0.3, 0.4) is 0 Å². The van der Waals surface area contributed by atoms with Gasteiger partial charge in [-0.25, -0.2) is 0 Å². The smallest absolute Gasteiger partial charge is 0.154 e. The third-order valence-corrected chi connectivity index (χ3v) is 3.52. The van der Waals surface area contributed by atoms with E-state index in [-0.39, 0.29) is 0 Å². The van der Waals surface area contributed by atoms with E-state index < -0.39 is 6.10 Å². The Kier molecular flexibility index (Phi) is 2.72. The third kappa shape index (κ3) is 1.76. The average Bonchev–Trinajstić information content (AvgIpc) is 2.92. The van der Waals surface area contributed by atoms with Crippen LogP contribution in [0, 0.1) is 0 Å². The number of para-hydroxylation sites is 1. The molecular formula is C13H11BrN2O2. The maximum atomic E-state index is 10.4. The van der Waals surface area contributed by atoms with Crippen molar-refractivity contribution in [3.05, 3.63) is 52.5 Å². The molecule has 5 heteroatoms. The summed E-state index contributed by atoms with van der Waals surface area (Å²) in [6, 6.07) is 9.52. The number of nitrogens with zero attached hydrogens (tertiary/aromatic N) is 2. The van der Waals surface area contributed by atoms with Crippen LogP contribution in [0.1, 0.15) is 17.6 Å². The Labute approximate surface area is 112 Å². The Bertz CT molecular complexity index is 649. The van der Waals surface area contributed by atoms with E-state index in [2.05, 4.69) is 21.0 Å². The van der Waals surface area contributed by atoms with E-state index in [0.717, 1.165) is 15.4 Å². The van der Waals surface area contributed by atoms with Gasteiger partial charge in [-0.3, -0.25) is 4.68 Å². The summed E-state index contributed by atoms with van der Waals surface area (Å²) in [5.41, 5.74) is 1.44. The fourth-order valence-electron chi connectivity index (χ4n) is 2.00. The van der Waals surface area contributed by atoms with E-state index in [1.54, 1.807) is 17.9 Å². The first-order valence-corrected chi connectivity index (χ1v) is 6.30. The number of furan rings is 1. The molecule has 1 aromatic carbocycles. The fraction of sp³-hybridized carbons (Fsp3) is 0.154. The zero-order chi connectivity index (χ0) is 12.7. The van der Waals surface area contributed by atoms with Crippen molar-refractivity contribution in [2.45, 2.75) is 6.10 Å². The van der Waals surface area contributed by atoms with E-state index in [1.807, 2.05) is 30.3 Å². The van der Waals surface area contributed by atoms with Gasteiger partial charge >= 0.3 is 0 Å². The molecule has 18 heavy (non-hydrogen) atoms. The zero-order valence-electron chi connectivity index (χ0n) is 9.67. The normalized spacial score (nSPS) is 13.1. The molecule has 3 rings (SSSR count). The summed E-state index contributed by atoms with van der Waals surface area (Å²) in [4.78, 5) is 0. The molecule has 0 aliphatic rings. The van der Waals surface area contributed by atoms with Gasteiger partial charge in [-0.1, -0.05) is 18.2 Å². The van der Waals surface area contributed by atoms with Gasteiger partial charge in [0.2, 0.25) is 0 Å². The number of hydrogen-bond acceptors (Lipinski definition) is 3. The molecule has 0 saturated heterocycles. The Morgan fingerprint density at radius 3 is 2.83 bits per heavy atom. The Hall–Kier alpha value is -1.59. The molecule has 3 aromatic rings. The number of aliphatic hydroxyl groups is 1. The van der Waals surface area contributed by atoms with Crippen LogP contribution in [-0.4, -0.2) is 14.9 Å². The zero-order valence-corrected chi connectivity index (χ0v) is 11.3. The van der Waals surface area contributed by atoms with Crippen LogP contribution in [0.4, 0.5) is 0 Å². The Morgan fingerprint density at radius 2 is 2.17 bits per heavy atom. The van der Waals surface area contributed by atoms with E-state index in [9.17, 15) is 5.11 Å². The molecule has 1 atom stereocenters. The summed E-state index contributed by atoms with van der Waals surface area (Å²) in [6.45, 7) is 0. The summed E-state index contributed by atoms with van der Waals surface area (Å²) in [5, 5.41) is 15.4. The highest BCUT2D eigenvalue weighted by atomic mass is 79.9. The predicted molar refractivity (Wildman–Crippen MR) is 71.2 cm³/mol. The van der Waals surface area contributed by atoms with Gasteiger partial charge in [-0.2, -0.15) is 5.10 Å². The average molecular weight is 307 g/mol. The first-order valence-electron chi connectivity index (χ1n) is 5.51. The molecule has 1 N–H and O–H groups in total. The van der Waals surface area contributed by atoms with Gasteiger partial charge in [0, 0.05) is 12.4 Å². The van der Waals surface area contributed by atoms with Crippen molar-refractivity contribution in [3.63, 3.8) is 0 Å². The summed E-state index contributed by atoms with van der Waals surface area (Å²) in [7, 11) is 1.78. The van der Waals surface area contributed by atoms with Crippen molar-refractivity contribution in [3.8, 4) is 0 Å². The van der Waals surface area contributed by atoms with Crippen LogP contribution in [0.15, 0.2) is 45.4 Å². The van der Waals surface area contributed by atoms with Gasteiger partial charge in [0.25, 0.3) is 0 Å². The maximum Gasteiger partial charge on any atom is 0.154 e. The van der Waals surface area contributed by atoms with E-state index in [4.69, 9.17) is 4.42 Å². The van der Waals surface area contributed by atoms with Gasteiger partial charge in [0.15, 0.2) is 6.10 Å². The first-order chi connectivity index (χ1) is 8.66. The molecule has 0 aliphatic heterocycles. The standard InChI is InChI=1S/C13H11BrN2O2/c1-16-12(9(14)7-15-16)13(17)11-6-8-4-2-3-5-10(8)18-11/h2-7,13,17H,1H3. The molecule has 0 aliphatic carbocycles. The van der Waals surface area contributed by atoms with Crippen LogP contribution < -0.4 is 0 Å². The summed E-state index contributed by atoms with van der Waals surface area (Å²) in [5.74, 6) is 0.514. The number of hydrogen-bond donors (Lipinski definition) is 1. The number of rotatable bonds is 2. The number of benzene rings is 1. The van der Waals surface area contributed by atoms with Gasteiger partial charge in [0.1, 0.15) is 11.3 Å². The molecule has 2 aromatic heterocycles. The topological polar surface area (TPSA) is 51.2 Å². The van der Waals surface area contributed by atoms with Crippen molar-refractivity contribution in [2.24, 2.45) is 7.05 Å². The predicted octanol–water partition coefficient (Wildman–Crippen LogP) is 3.01. The lowest BCUT2D eigenvalue weighted by atomic mass is 10.2. The Balaban J connectivity index is 2.09. The lowest BCUT2D eigenvalue weighted by Crippen LogP contribution is -2.06. The van der Waals surface area contributed by atoms with E-state index in [0.29, 0.717) is 11.5 Å². The van der Waals surface area contributed by atoms with Crippen LogP contribution in [0.2, 0.25) is 0 Å². The number of fused-ring (bicyclic) bond motifs is 1. The summed E-state index contributed by atoms with van der Waals surface area (Å²) in [6.07, 6.45) is 0.820. The minimum atomic E-state index is -0.834. The molecule has 92 valence electrons. The second kappa shape index (κ2) is 4.26. The molecule has 0 fully saturated rings. The van der Waals surface area contributed by atoms with Gasteiger partial charge in [-0.15, -0.1) is 0 Å². The number of aromatic nitrogens is 2. The number of aryl methyl sites for hydroxylation is 1. The molecule has 4 nitrogen and oxygen atoms in total. The number of halogens is 1. The summed E-state index contributed by atoms with van der Waals surface area (Å²) >= 11 is 3.37. The SMILES string of the molecule is Cn1ncc(Br)c1C(O)c1cc2ccccc2o1. The lowest BCUT2D eigenvalue weighted by Gasteiger charge is -2.08. The highest BCUT2D eigenvalue weighted by molar-refractivity contribution is 9.10. The van der Waals surface area contributed by atoms with Crippen LogP contribution in [0.5, 0.6) is 0 Å². The van der Waals surface area contributed by atoms with Crippen molar-refractivity contribution in [2.75, 3.05) is 0 Å². The quantitative estimate of drug-likeness (QED) is 0.792. The van der Waals surface area contributed by atoms with E-state index >= 15 is 0 Å². The van der Waals surface area contributed by atoms with Crippen molar-refractivity contribution < 1.29 is 9.52 Å². The maximum absolute atomic E-state index is 10.4. The molecular weight excluding hydrogens is 296 g/mol. The van der Waals surface area contributed by atoms with Gasteiger partial charge in [-0.05, 0) is 28.1 Å². The molecule has 2 heterocycles. The molecule has 0 amide bonds. The van der Waals surface area contributed by atoms with Crippen LogP contribution >= 0.6 is 15.9 Å². The minimum absolute atomic E-state index is 0.514. The van der Waals surface area contributed by atoms with Crippen LogP contribution in [0.25, 0.3) is 11.0 Å².